The fourth-order valence-electron chi connectivity index (χ4n) is 3.24. The minimum Gasteiger partial charge on any atom is -0.456 e. The molecule has 1 atom stereocenters. The Morgan fingerprint density at radius 2 is 1.63 bits per heavy atom. The molecule has 1 unspecified atom stereocenters. The molecule has 2 N–H and O–H groups in total. The van der Waals surface area contributed by atoms with Crippen molar-refractivity contribution in [1.29, 1.82) is 0 Å². The largest absolute Gasteiger partial charge is 0.456 e. The Labute approximate surface area is 214 Å². The lowest BCUT2D eigenvalue weighted by atomic mass is 10.0. The van der Waals surface area contributed by atoms with Crippen LogP contribution in [-0.4, -0.2) is 36.7 Å². The third-order valence-corrected chi connectivity index (χ3v) is 6.42. The zero-order valence-electron chi connectivity index (χ0n) is 19.3. The van der Waals surface area contributed by atoms with Crippen LogP contribution in [0, 0.1) is 6.92 Å². The first kappa shape index (κ1) is 26.3. The molecule has 35 heavy (non-hydrogen) atoms. The number of hydrogen-bond donors (Lipinski definition) is 2. The Kier molecular flexibility index (Phi) is 10.2. The summed E-state index contributed by atoms with van der Waals surface area (Å²) in [6, 6.07) is 23.3. The first-order valence-corrected chi connectivity index (χ1v) is 12.5. The van der Waals surface area contributed by atoms with Crippen molar-refractivity contribution in [3.05, 3.63) is 101 Å². The molecule has 0 heterocycles. The summed E-state index contributed by atoms with van der Waals surface area (Å²) in [5, 5.41) is 5.90. The summed E-state index contributed by atoms with van der Waals surface area (Å²) in [6.07, 6.45) is -0.128. The number of ether oxygens (including phenoxy) is 1. The summed E-state index contributed by atoms with van der Waals surface area (Å²) in [4.78, 5) is 38.4. The first-order valence-electron chi connectivity index (χ1n) is 11.1. The van der Waals surface area contributed by atoms with Crippen LogP contribution in [0.3, 0.4) is 0 Å². The number of halogens is 1. The fraction of sp³-hybridized carbons (Fsp3) is 0.222. The summed E-state index contributed by atoms with van der Waals surface area (Å²) in [6.45, 7) is 2.11. The smallest absolute Gasteiger partial charge is 0.308 e. The average molecular weight is 511 g/mol. The van der Waals surface area contributed by atoms with E-state index < -0.39 is 17.9 Å². The molecule has 0 saturated carbocycles. The van der Waals surface area contributed by atoms with Gasteiger partial charge < -0.3 is 15.4 Å². The van der Waals surface area contributed by atoms with Crippen LogP contribution in [-0.2, 0) is 14.3 Å². The molecule has 0 radical (unpaired) electrons. The molecule has 0 aliphatic rings. The van der Waals surface area contributed by atoms with E-state index in [1.54, 1.807) is 36.0 Å². The van der Waals surface area contributed by atoms with Crippen molar-refractivity contribution < 1.29 is 19.1 Å². The molecule has 0 bridgehead atoms. The number of amides is 2. The first-order chi connectivity index (χ1) is 16.9. The lowest BCUT2D eigenvalue weighted by Gasteiger charge is -2.19. The summed E-state index contributed by atoms with van der Waals surface area (Å²) in [5.74, 6) is -0.671. The van der Waals surface area contributed by atoms with Crippen molar-refractivity contribution in [2.45, 2.75) is 24.3 Å². The van der Waals surface area contributed by atoms with Crippen LogP contribution in [0.2, 0.25) is 5.02 Å². The van der Waals surface area contributed by atoms with Gasteiger partial charge in [-0.3, -0.25) is 14.4 Å². The van der Waals surface area contributed by atoms with Crippen molar-refractivity contribution in [2.24, 2.45) is 0 Å². The Morgan fingerprint density at radius 1 is 0.943 bits per heavy atom. The molecule has 3 rings (SSSR count). The minimum atomic E-state index is -0.638. The van der Waals surface area contributed by atoms with Gasteiger partial charge in [-0.2, -0.15) is 0 Å². The van der Waals surface area contributed by atoms with E-state index >= 15 is 0 Å². The number of rotatable bonds is 11. The van der Waals surface area contributed by atoms with Crippen molar-refractivity contribution in [3.63, 3.8) is 0 Å². The molecule has 0 aliphatic carbocycles. The predicted molar refractivity (Wildman–Crippen MR) is 139 cm³/mol. The molecule has 3 aromatic carbocycles. The van der Waals surface area contributed by atoms with Gasteiger partial charge in [0.05, 0.1) is 23.0 Å². The van der Waals surface area contributed by atoms with Gasteiger partial charge in [0, 0.05) is 17.2 Å². The monoisotopic (exact) mass is 510 g/mol. The van der Waals surface area contributed by atoms with E-state index in [2.05, 4.69) is 10.6 Å². The number of carbonyl (C=O) groups is 3. The third-order valence-electron chi connectivity index (χ3n) is 5.07. The quantitative estimate of drug-likeness (QED) is 0.216. The predicted octanol–water partition coefficient (Wildman–Crippen LogP) is 4.96. The van der Waals surface area contributed by atoms with Crippen LogP contribution in [0.4, 0.5) is 0 Å². The molecule has 6 nitrogen and oxygen atoms in total. The van der Waals surface area contributed by atoms with Gasteiger partial charge in [0.25, 0.3) is 11.8 Å². The zero-order valence-corrected chi connectivity index (χ0v) is 20.9. The van der Waals surface area contributed by atoms with Crippen molar-refractivity contribution in [3.8, 4) is 0 Å². The van der Waals surface area contributed by atoms with E-state index in [1.807, 2.05) is 61.5 Å². The molecule has 2 amide bonds. The van der Waals surface area contributed by atoms with E-state index in [1.165, 1.54) is 5.56 Å². The Balaban J connectivity index is 1.47. The van der Waals surface area contributed by atoms with Crippen LogP contribution in [0.5, 0.6) is 0 Å². The van der Waals surface area contributed by atoms with Crippen LogP contribution in [0.25, 0.3) is 0 Å². The van der Waals surface area contributed by atoms with E-state index in [9.17, 15) is 14.4 Å². The number of hydrogen-bond acceptors (Lipinski definition) is 5. The van der Waals surface area contributed by atoms with Gasteiger partial charge in [-0.15, -0.1) is 11.8 Å². The van der Waals surface area contributed by atoms with Crippen molar-refractivity contribution in [2.75, 3.05) is 18.9 Å². The average Bonchev–Trinajstić information content (AvgIpc) is 2.87. The molecule has 0 aliphatic heterocycles. The van der Waals surface area contributed by atoms with Crippen molar-refractivity contribution in [1.82, 2.24) is 10.6 Å². The number of nitrogens with one attached hydrogen (secondary N) is 2. The van der Waals surface area contributed by atoms with E-state index in [0.29, 0.717) is 22.9 Å². The van der Waals surface area contributed by atoms with Crippen LogP contribution < -0.4 is 10.6 Å². The normalized spacial score (nSPS) is 11.4. The number of benzene rings is 3. The number of carbonyl (C=O) groups excluding carboxylic acids is 3. The van der Waals surface area contributed by atoms with Gasteiger partial charge in [0.2, 0.25) is 0 Å². The standard InChI is InChI=1S/C27H27ClN2O4S/c1-19-11-13-21(14-12-19)35-16-15-29-25(31)18-34-26(32)17-24(20-7-3-2-4-8-20)30-27(33)22-9-5-6-10-23(22)28/h2-14,24H,15-18H2,1H3,(H,29,31)(H,30,33). The van der Waals surface area contributed by atoms with Gasteiger partial charge in [-0.05, 0) is 36.8 Å². The fourth-order valence-corrected chi connectivity index (χ4v) is 4.23. The maximum absolute atomic E-state index is 12.7. The molecular formula is C27H27ClN2O4S. The van der Waals surface area contributed by atoms with E-state index in [-0.39, 0.29) is 18.9 Å². The van der Waals surface area contributed by atoms with Gasteiger partial charge in [-0.1, -0.05) is 71.8 Å². The maximum Gasteiger partial charge on any atom is 0.308 e. The van der Waals surface area contributed by atoms with Gasteiger partial charge >= 0.3 is 5.97 Å². The summed E-state index contributed by atoms with van der Waals surface area (Å²) < 4.78 is 5.16. The van der Waals surface area contributed by atoms with E-state index in [4.69, 9.17) is 16.3 Å². The summed E-state index contributed by atoms with van der Waals surface area (Å²) in [5.41, 5.74) is 2.25. The molecule has 8 heteroatoms. The summed E-state index contributed by atoms with van der Waals surface area (Å²) >= 11 is 7.77. The molecular weight excluding hydrogens is 484 g/mol. The molecule has 0 aromatic heterocycles. The van der Waals surface area contributed by atoms with Crippen LogP contribution >= 0.6 is 23.4 Å². The molecule has 3 aromatic rings. The Morgan fingerprint density at radius 3 is 2.34 bits per heavy atom. The SMILES string of the molecule is Cc1ccc(SCCNC(=O)COC(=O)CC(NC(=O)c2ccccc2Cl)c2ccccc2)cc1. The lowest BCUT2D eigenvalue weighted by Crippen LogP contribution is -2.33. The second-order valence-electron chi connectivity index (χ2n) is 7.79. The molecule has 0 saturated heterocycles. The van der Waals surface area contributed by atoms with Gasteiger partial charge in [-0.25, -0.2) is 0 Å². The highest BCUT2D eigenvalue weighted by Crippen LogP contribution is 2.21. The van der Waals surface area contributed by atoms with Crippen molar-refractivity contribution >= 4 is 41.1 Å². The van der Waals surface area contributed by atoms with Gasteiger partial charge in [0.15, 0.2) is 6.61 Å². The maximum atomic E-state index is 12.7. The second-order valence-corrected chi connectivity index (χ2v) is 9.37. The summed E-state index contributed by atoms with van der Waals surface area (Å²) in [7, 11) is 0. The van der Waals surface area contributed by atoms with Gasteiger partial charge in [0.1, 0.15) is 0 Å². The third kappa shape index (κ3) is 8.77. The molecule has 182 valence electrons. The highest BCUT2D eigenvalue weighted by Gasteiger charge is 2.21. The lowest BCUT2D eigenvalue weighted by molar-refractivity contribution is -0.149. The zero-order chi connectivity index (χ0) is 25.0. The Bertz CT molecular complexity index is 1140. The Hall–Kier alpha value is -3.29. The van der Waals surface area contributed by atoms with E-state index in [0.717, 1.165) is 10.5 Å². The highest BCUT2D eigenvalue weighted by molar-refractivity contribution is 7.99. The molecule has 0 fully saturated rings. The molecule has 0 spiro atoms. The number of aryl methyl sites for hydroxylation is 1. The number of thioether (sulfide) groups is 1. The second kappa shape index (κ2) is 13.6. The van der Waals surface area contributed by atoms with Crippen LogP contribution in [0.1, 0.15) is 33.9 Å². The minimum absolute atomic E-state index is 0.128. The van der Waals surface area contributed by atoms with Crippen LogP contribution in [0.15, 0.2) is 83.8 Å². The topological polar surface area (TPSA) is 84.5 Å². The number of esters is 1. The highest BCUT2D eigenvalue weighted by atomic mass is 35.5.